The minimum atomic E-state index is -4.70. The Hall–Kier alpha value is -1.50. The fraction of sp³-hybridized carbons (Fsp3) is 0.100. The van der Waals surface area contributed by atoms with Gasteiger partial charge >= 0.3 is 6.36 Å². The fourth-order valence-corrected chi connectivity index (χ4v) is 1.71. The maximum absolute atomic E-state index is 12.0. The predicted octanol–water partition coefficient (Wildman–Crippen LogP) is 3.53. The zero-order valence-corrected chi connectivity index (χ0v) is 9.86. The van der Waals surface area contributed by atoms with Gasteiger partial charge in [0.2, 0.25) is 0 Å². The van der Waals surface area contributed by atoms with Gasteiger partial charge in [-0.05, 0) is 40.2 Å². The van der Waals surface area contributed by atoms with E-state index in [1.165, 1.54) is 22.9 Å². The Morgan fingerprint density at radius 1 is 1.29 bits per heavy atom. The molecule has 0 amide bonds. The second kappa shape index (κ2) is 4.40. The Morgan fingerprint density at radius 3 is 2.59 bits per heavy atom. The number of nitrogens with zero attached hydrogens (tertiary/aromatic N) is 2. The molecule has 2 aromatic rings. The van der Waals surface area contributed by atoms with Crippen LogP contribution in [0.2, 0.25) is 0 Å². The van der Waals surface area contributed by atoms with Crippen LogP contribution in [0.25, 0.3) is 5.69 Å². The first-order valence-corrected chi connectivity index (χ1v) is 5.30. The largest absolute Gasteiger partial charge is 0.573 e. The van der Waals surface area contributed by atoms with E-state index in [9.17, 15) is 13.2 Å². The minimum Gasteiger partial charge on any atom is -0.405 e. The van der Waals surface area contributed by atoms with Crippen LogP contribution in [-0.2, 0) is 0 Å². The lowest BCUT2D eigenvalue weighted by Gasteiger charge is -2.11. The van der Waals surface area contributed by atoms with Gasteiger partial charge in [-0.1, -0.05) is 0 Å². The Bertz CT molecular complexity index is 511. The molecule has 0 saturated carbocycles. The molecule has 0 unspecified atom stereocenters. The van der Waals surface area contributed by atoms with Crippen molar-refractivity contribution in [3.8, 4) is 11.4 Å². The summed E-state index contributed by atoms with van der Waals surface area (Å²) in [7, 11) is 0. The van der Waals surface area contributed by atoms with Crippen molar-refractivity contribution in [3.63, 3.8) is 0 Å². The third-order valence-electron chi connectivity index (χ3n) is 1.91. The molecule has 0 fully saturated rings. The smallest absolute Gasteiger partial charge is 0.405 e. The standard InChI is InChI=1S/C10H6BrF3N2O/c11-8-6-7(16-5-1-4-15-16)2-3-9(8)17-10(12,13)14/h1-6H. The van der Waals surface area contributed by atoms with E-state index < -0.39 is 6.36 Å². The molecule has 0 aliphatic rings. The first kappa shape index (κ1) is 12.0. The summed E-state index contributed by atoms with van der Waals surface area (Å²) in [4.78, 5) is 0. The molecule has 1 heterocycles. The molecule has 3 nitrogen and oxygen atoms in total. The van der Waals surface area contributed by atoms with Gasteiger partial charge in [0.15, 0.2) is 0 Å². The third kappa shape index (κ3) is 3.00. The van der Waals surface area contributed by atoms with Crippen LogP contribution in [0, 0.1) is 0 Å². The van der Waals surface area contributed by atoms with Gasteiger partial charge in [0.25, 0.3) is 0 Å². The summed E-state index contributed by atoms with van der Waals surface area (Å²) in [6, 6.07) is 5.93. The summed E-state index contributed by atoms with van der Waals surface area (Å²) in [6.45, 7) is 0. The molecule has 90 valence electrons. The van der Waals surface area contributed by atoms with Gasteiger partial charge in [-0.3, -0.25) is 0 Å². The average Bonchev–Trinajstić information content (AvgIpc) is 2.72. The van der Waals surface area contributed by atoms with Crippen LogP contribution in [0.4, 0.5) is 13.2 Å². The van der Waals surface area contributed by atoms with Gasteiger partial charge in [-0.25, -0.2) is 4.68 Å². The lowest BCUT2D eigenvalue weighted by Crippen LogP contribution is -2.17. The molecule has 1 aromatic carbocycles. The van der Waals surface area contributed by atoms with E-state index in [2.05, 4.69) is 25.8 Å². The van der Waals surface area contributed by atoms with Gasteiger partial charge < -0.3 is 4.74 Å². The second-order valence-electron chi connectivity index (χ2n) is 3.11. The minimum absolute atomic E-state index is 0.211. The zero-order valence-electron chi connectivity index (χ0n) is 8.28. The number of hydrogen-bond donors (Lipinski definition) is 0. The molecule has 17 heavy (non-hydrogen) atoms. The third-order valence-corrected chi connectivity index (χ3v) is 2.53. The van der Waals surface area contributed by atoms with Crippen LogP contribution in [-0.4, -0.2) is 16.1 Å². The summed E-state index contributed by atoms with van der Waals surface area (Å²) in [6.07, 6.45) is -1.43. The number of benzene rings is 1. The lowest BCUT2D eigenvalue weighted by atomic mass is 10.3. The van der Waals surface area contributed by atoms with Crippen LogP contribution in [0.1, 0.15) is 0 Å². The highest BCUT2D eigenvalue weighted by atomic mass is 79.9. The number of alkyl halides is 3. The second-order valence-corrected chi connectivity index (χ2v) is 3.97. The first-order valence-electron chi connectivity index (χ1n) is 4.51. The molecule has 1 aromatic heterocycles. The molecule has 0 bridgehead atoms. The Morgan fingerprint density at radius 2 is 2.06 bits per heavy atom. The average molecular weight is 307 g/mol. The van der Waals surface area contributed by atoms with E-state index in [1.807, 2.05) is 0 Å². The van der Waals surface area contributed by atoms with Gasteiger partial charge in [0, 0.05) is 12.4 Å². The fourth-order valence-electron chi connectivity index (χ4n) is 1.26. The van der Waals surface area contributed by atoms with E-state index in [-0.39, 0.29) is 10.2 Å². The van der Waals surface area contributed by atoms with Gasteiger partial charge in [0.1, 0.15) is 5.75 Å². The van der Waals surface area contributed by atoms with E-state index >= 15 is 0 Å². The van der Waals surface area contributed by atoms with E-state index in [1.54, 1.807) is 18.5 Å². The maximum Gasteiger partial charge on any atom is 0.573 e. The molecular formula is C10H6BrF3N2O. The Labute approximate surface area is 103 Å². The molecule has 0 atom stereocenters. The monoisotopic (exact) mass is 306 g/mol. The summed E-state index contributed by atoms with van der Waals surface area (Å²) < 4.78 is 41.7. The molecule has 7 heteroatoms. The van der Waals surface area contributed by atoms with Crippen molar-refractivity contribution in [1.29, 1.82) is 0 Å². The highest BCUT2D eigenvalue weighted by Gasteiger charge is 2.31. The van der Waals surface area contributed by atoms with Crippen molar-refractivity contribution < 1.29 is 17.9 Å². The van der Waals surface area contributed by atoms with Crippen molar-refractivity contribution in [3.05, 3.63) is 41.1 Å². The number of hydrogen-bond acceptors (Lipinski definition) is 2. The summed E-state index contributed by atoms with van der Waals surface area (Å²) in [5.41, 5.74) is 0.636. The van der Waals surface area contributed by atoms with Crippen molar-refractivity contribution in [2.24, 2.45) is 0 Å². The highest BCUT2D eigenvalue weighted by molar-refractivity contribution is 9.10. The number of halogens is 4. The van der Waals surface area contributed by atoms with Crippen LogP contribution >= 0.6 is 15.9 Å². The quantitative estimate of drug-likeness (QED) is 0.848. The van der Waals surface area contributed by atoms with Crippen LogP contribution in [0.5, 0.6) is 5.75 Å². The molecule has 0 saturated heterocycles. The van der Waals surface area contributed by atoms with E-state index in [4.69, 9.17) is 0 Å². The maximum atomic E-state index is 12.0. The molecule has 0 aliphatic heterocycles. The van der Waals surface area contributed by atoms with Crippen molar-refractivity contribution in [2.75, 3.05) is 0 Å². The molecular weight excluding hydrogens is 301 g/mol. The topological polar surface area (TPSA) is 27.1 Å². The normalized spacial score (nSPS) is 11.5. The van der Waals surface area contributed by atoms with Gasteiger partial charge in [0.05, 0.1) is 10.2 Å². The van der Waals surface area contributed by atoms with Crippen LogP contribution in [0.15, 0.2) is 41.1 Å². The highest BCUT2D eigenvalue weighted by Crippen LogP contribution is 2.31. The molecule has 0 N–H and O–H groups in total. The molecule has 0 spiro atoms. The van der Waals surface area contributed by atoms with Crippen molar-refractivity contribution in [2.45, 2.75) is 6.36 Å². The zero-order chi connectivity index (χ0) is 12.5. The van der Waals surface area contributed by atoms with Crippen LogP contribution < -0.4 is 4.74 Å². The molecule has 0 aliphatic carbocycles. The summed E-state index contributed by atoms with van der Waals surface area (Å²) in [5, 5.41) is 3.96. The summed E-state index contributed by atoms with van der Waals surface area (Å²) in [5.74, 6) is -0.284. The predicted molar refractivity (Wildman–Crippen MR) is 57.9 cm³/mol. The molecule has 2 rings (SSSR count). The van der Waals surface area contributed by atoms with E-state index in [0.29, 0.717) is 5.69 Å². The number of aromatic nitrogens is 2. The number of rotatable bonds is 2. The number of ether oxygens (including phenoxy) is 1. The Balaban J connectivity index is 2.29. The SMILES string of the molecule is FC(F)(F)Oc1ccc(-n2cccn2)cc1Br. The van der Waals surface area contributed by atoms with Gasteiger partial charge in [-0.2, -0.15) is 5.10 Å². The first-order chi connectivity index (χ1) is 7.96. The van der Waals surface area contributed by atoms with Crippen molar-refractivity contribution >= 4 is 15.9 Å². The Kier molecular flexibility index (Phi) is 3.10. The van der Waals surface area contributed by atoms with E-state index in [0.717, 1.165) is 0 Å². The van der Waals surface area contributed by atoms with Crippen molar-refractivity contribution in [1.82, 2.24) is 9.78 Å². The molecule has 0 radical (unpaired) electrons. The summed E-state index contributed by atoms with van der Waals surface area (Å²) >= 11 is 3.02. The lowest BCUT2D eigenvalue weighted by molar-refractivity contribution is -0.274. The van der Waals surface area contributed by atoms with Gasteiger partial charge in [-0.15, -0.1) is 13.2 Å². The van der Waals surface area contributed by atoms with Crippen LogP contribution in [0.3, 0.4) is 0 Å².